The van der Waals surface area contributed by atoms with Gasteiger partial charge < -0.3 is 9.72 Å². The zero-order chi connectivity index (χ0) is 13.2. The van der Waals surface area contributed by atoms with Crippen LogP contribution in [0.15, 0.2) is 41.5 Å². The van der Waals surface area contributed by atoms with Crippen molar-refractivity contribution in [2.24, 2.45) is 0 Å². The molecule has 0 aliphatic rings. The number of aromatic nitrogens is 2. The number of nitrogens with one attached hydrogen (secondary N) is 1. The lowest BCUT2D eigenvalue weighted by Crippen LogP contribution is -2.06. The Bertz CT molecular complexity index is 607. The van der Waals surface area contributed by atoms with Crippen molar-refractivity contribution in [1.82, 2.24) is 9.97 Å². The van der Waals surface area contributed by atoms with Crippen LogP contribution in [0.25, 0.3) is 0 Å². The molecule has 0 saturated carbocycles. The lowest BCUT2D eigenvalue weighted by Gasteiger charge is -2.08. The van der Waals surface area contributed by atoms with Gasteiger partial charge in [0.2, 0.25) is 5.88 Å². The molecule has 1 aromatic carbocycles. The quantitative estimate of drug-likeness (QED) is 0.898. The van der Waals surface area contributed by atoms with Gasteiger partial charge in [-0.3, -0.25) is 4.79 Å². The second kappa shape index (κ2) is 4.52. The number of rotatable bonds is 2. The number of aromatic amines is 1. The van der Waals surface area contributed by atoms with E-state index >= 15 is 0 Å². The largest absolute Gasteiger partial charge is 0.439 e. The molecule has 0 aliphatic carbocycles. The fraction of sp³-hybridized carbons (Fsp3) is 0.0909. The molecule has 2 aromatic rings. The molecule has 4 nitrogen and oxygen atoms in total. The van der Waals surface area contributed by atoms with E-state index in [0.717, 1.165) is 24.5 Å². The Kier molecular flexibility index (Phi) is 3.05. The highest BCUT2D eigenvalue weighted by Gasteiger charge is 2.30. The highest BCUT2D eigenvalue weighted by atomic mass is 19.4. The van der Waals surface area contributed by atoms with Crippen LogP contribution in [0, 0.1) is 0 Å². The normalized spacial score (nSPS) is 11.3. The fourth-order valence-corrected chi connectivity index (χ4v) is 1.26. The van der Waals surface area contributed by atoms with Crippen LogP contribution in [0.4, 0.5) is 13.2 Å². The molecule has 0 amide bonds. The van der Waals surface area contributed by atoms with Crippen molar-refractivity contribution in [1.29, 1.82) is 0 Å². The molecule has 1 aromatic heterocycles. The summed E-state index contributed by atoms with van der Waals surface area (Å²) in [6.07, 6.45) is -3.34. The number of H-pyrrole nitrogens is 1. The van der Waals surface area contributed by atoms with E-state index in [9.17, 15) is 18.0 Å². The van der Waals surface area contributed by atoms with Gasteiger partial charge in [0.1, 0.15) is 5.75 Å². The summed E-state index contributed by atoms with van der Waals surface area (Å²) < 4.78 is 42.4. The van der Waals surface area contributed by atoms with Gasteiger partial charge in [0.05, 0.1) is 18.0 Å². The molecule has 2 rings (SSSR count). The highest BCUT2D eigenvalue weighted by molar-refractivity contribution is 5.32. The van der Waals surface area contributed by atoms with E-state index in [4.69, 9.17) is 4.74 Å². The number of hydrogen-bond acceptors (Lipinski definition) is 3. The van der Waals surface area contributed by atoms with Gasteiger partial charge in [-0.15, -0.1) is 0 Å². The first-order valence-corrected chi connectivity index (χ1v) is 4.85. The van der Waals surface area contributed by atoms with E-state index < -0.39 is 17.3 Å². The van der Waals surface area contributed by atoms with Crippen LogP contribution in [0.5, 0.6) is 11.6 Å². The summed E-state index contributed by atoms with van der Waals surface area (Å²) >= 11 is 0. The van der Waals surface area contributed by atoms with Crippen molar-refractivity contribution in [3.63, 3.8) is 0 Å². The fourth-order valence-electron chi connectivity index (χ4n) is 1.26. The van der Waals surface area contributed by atoms with Crippen molar-refractivity contribution in [2.75, 3.05) is 0 Å². The molecule has 0 bridgehead atoms. The Morgan fingerprint density at radius 3 is 2.67 bits per heavy atom. The summed E-state index contributed by atoms with van der Waals surface area (Å²) in [4.78, 5) is 16.9. The Balaban J connectivity index is 2.27. The maximum atomic E-state index is 12.4. The Labute approximate surface area is 99.1 Å². The van der Waals surface area contributed by atoms with Crippen molar-refractivity contribution in [3.05, 3.63) is 52.6 Å². The maximum absolute atomic E-state index is 12.4. The molecule has 0 spiro atoms. The molecule has 1 N–H and O–H groups in total. The molecular weight excluding hydrogens is 249 g/mol. The Hall–Kier alpha value is -2.31. The van der Waals surface area contributed by atoms with Crippen LogP contribution >= 0.6 is 0 Å². The van der Waals surface area contributed by atoms with Crippen LogP contribution in [0.3, 0.4) is 0 Å². The summed E-state index contributed by atoms with van der Waals surface area (Å²) in [6, 6.07) is 5.37. The smallest absolute Gasteiger partial charge is 0.416 e. The molecule has 0 saturated heterocycles. The SMILES string of the molecule is O=c1cc(Oc2cccc(C(F)(F)F)c2)nc[nH]1. The minimum absolute atomic E-state index is 0.0390. The third-order valence-electron chi connectivity index (χ3n) is 2.04. The summed E-state index contributed by atoms with van der Waals surface area (Å²) in [5.41, 5.74) is -1.28. The van der Waals surface area contributed by atoms with Gasteiger partial charge in [-0.25, -0.2) is 4.98 Å². The number of ether oxygens (including phenoxy) is 1. The van der Waals surface area contributed by atoms with Gasteiger partial charge in [0.15, 0.2) is 0 Å². The zero-order valence-corrected chi connectivity index (χ0v) is 8.86. The van der Waals surface area contributed by atoms with E-state index in [1.807, 2.05) is 0 Å². The van der Waals surface area contributed by atoms with Crippen molar-refractivity contribution < 1.29 is 17.9 Å². The van der Waals surface area contributed by atoms with Crippen LogP contribution in [0.2, 0.25) is 0 Å². The molecule has 7 heteroatoms. The van der Waals surface area contributed by atoms with Gasteiger partial charge in [0, 0.05) is 0 Å². The molecule has 0 fully saturated rings. The van der Waals surface area contributed by atoms with Crippen LogP contribution in [-0.4, -0.2) is 9.97 Å². The zero-order valence-electron chi connectivity index (χ0n) is 8.86. The topological polar surface area (TPSA) is 55.0 Å². The first-order valence-electron chi connectivity index (χ1n) is 4.85. The van der Waals surface area contributed by atoms with E-state index in [1.165, 1.54) is 12.1 Å². The second-order valence-electron chi connectivity index (χ2n) is 3.38. The standard InChI is InChI=1S/C11H7F3N2O2/c12-11(13,14)7-2-1-3-8(4-7)18-10-5-9(17)15-6-16-10/h1-6H,(H,15,16,17). The Morgan fingerprint density at radius 1 is 1.22 bits per heavy atom. The van der Waals surface area contributed by atoms with Crippen LogP contribution in [-0.2, 0) is 6.18 Å². The Morgan fingerprint density at radius 2 is 2.00 bits per heavy atom. The van der Waals surface area contributed by atoms with Crippen LogP contribution in [0.1, 0.15) is 5.56 Å². The number of alkyl halides is 3. The van der Waals surface area contributed by atoms with Crippen molar-refractivity contribution in [3.8, 4) is 11.6 Å². The molecule has 0 atom stereocenters. The van der Waals surface area contributed by atoms with E-state index in [0.29, 0.717) is 0 Å². The molecule has 0 unspecified atom stereocenters. The number of nitrogens with zero attached hydrogens (tertiary/aromatic N) is 1. The van der Waals surface area contributed by atoms with Crippen molar-refractivity contribution in [2.45, 2.75) is 6.18 Å². The van der Waals surface area contributed by atoms with Gasteiger partial charge >= 0.3 is 6.18 Å². The molecule has 0 aliphatic heterocycles. The molecular formula is C11H7F3N2O2. The summed E-state index contributed by atoms with van der Waals surface area (Å²) in [7, 11) is 0. The highest BCUT2D eigenvalue weighted by Crippen LogP contribution is 2.32. The second-order valence-corrected chi connectivity index (χ2v) is 3.38. The van der Waals surface area contributed by atoms with Gasteiger partial charge in [-0.2, -0.15) is 13.2 Å². The van der Waals surface area contributed by atoms with E-state index in [2.05, 4.69) is 9.97 Å². The number of benzene rings is 1. The molecule has 18 heavy (non-hydrogen) atoms. The van der Waals surface area contributed by atoms with Gasteiger partial charge in [-0.1, -0.05) is 6.07 Å². The van der Waals surface area contributed by atoms with Crippen molar-refractivity contribution >= 4 is 0 Å². The third-order valence-corrected chi connectivity index (χ3v) is 2.04. The summed E-state index contributed by atoms with van der Waals surface area (Å²) in [6.45, 7) is 0. The van der Waals surface area contributed by atoms with E-state index in [1.54, 1.807) is 0 Å². The van der Waals surface area contributed by atoms with Gasteiger partial charge in [0.25, 0.3) is 5.56 Å². The first kappa shape index (κ1) is 12.2. The average molecular weight is 256 g/mol. The molecule has 1 heterocycles. The minimum atomic E-state index is -4.44. The van der Waals surface area contributed by atoms with E-state index in [-0.39, 0.29) is 11.6 Å². The monoisotopic (exact) mass is 256 g/mol. The first-order chi connectivity index (χ1) is 8.45. The number of hydrogen-bond donors (Lipinski definition) is 1. The predicted octanol–water partition coefficient (Wildman–Crippen LogP) is 2.58. The van der Waals surface area contributed by atoms with Crippen LogP contribution < -0.4 is 10.3 Å². The summed E-state index contributed by atoms with van der Waals surface area (Å²) in [5, 5.41) is 0. The molecule has 0 radical (unpaired) electrons. The molecule has 94 valence electrons. The average Bonchev–Trinajstić information content (AvgIpc) is 2.28. The third kappa shape index (κ3) is 2.88. The maximum Gasteiger partial charge on any atom is 0.416 e. The summed E-state index contributed by atoms with van der Waals surface area (Å²) in [5.74, 6) is -0.110. The predicted molar refractivity (Wildman–Crippen MR) is 56.4 cm³/mol. The van der Waals surface area contributed by atoms with Gasteiger partial charge in [-0.05, 0) is 18.2 Å². The lowest BCUT2D eigenvalue weighted by molar-refractivity contribution is -0.137. The number of halogens is 3. The lowest BCUT2D eigenvalue weighted by atomic mass is 10.2. The minimum Gasteiger partial charge on any atom is -0.439 e.